The summed E-state index contributed by atoms with van der Waals surface area (Å²) >= 11 is 0. The summed E-state index contributed by atoms with van der Waals surface area (Å²) < 4.78 is 23.7. The summed E-state index contributed by atoms with van der Waals surface area (Å²) in [5, 5.41) is 9.22. The van der Waals surface area contributed by atoms with Gasteiger partial charge in [0.05, 0.1) is 22.4 Å². The van der Waals surface area contributed by atoms with Gasteiger partial charge in [-0.1, -0.05) is 42.0 Å². The summed E-state index contributed by atoms with van der Waals surface area (Å²) in [6.45, 7) is 18.4. The number of rotatable bonds is 2. The average molecular weight is 438 g/mol. The molecule has 0 aliphatic carbocycles. The second-order valence-corrected chi connectivity index (χ2v) is 10.7. The molecule has 172 valence electrons. The first-order valence-electron chi connectivity index (χ1n) is 11.2. The highest BCUT2D eigenvalue weighted by molar-refractivity contribution is 6.62. The Labute approximate surface area is 193 Å². The predicted molar refractivity (Wildman–Crippen MR) is 131 cm³/mol. The van der Waals surface area contributed by atoms with Gasteiger partial charge in [0.1, 0.15) is 5.75 Å². The van der Waals surface area contributed by atoms with E-state index in [9.17, 15) is 5.11 Å². The molecule has 0 amide bonds. The number of hydrogen-bond donors (Lipinski definition) is 1. The van der Waals surface area contributed by atoms with Gasteiger partial charge in [0.25, 0.3) is 0 Å². The lowest BCUT2D eigenvalue weighted by Crippen LogP contribution is -2.41. The SMILES string of the molecule is CC1(C)OB(c2ccc(O)cc2)OC1(C)C.Cc1ccc(B2OC(C)(C)C(C)(C)O2)cc1. The standard InChI is InChI=1S/C13H19BO2.C12H17BO3/c1-10-6-8-11(9-7-10)14-15-12(2,3)13(4,5)16-14;1-11(2)12(3,4)16-13(15-11)9-5-7-10(14)8-6-9/h6-9H,1-5H3;5-8,14H,1-4H3. The van der Waals surface area contributed by atoms with E-state index in [1.165, 1.54) is 5.56 Å². The van der Waals surface area contributed by atoms with Gasteiger partial charge in [-0.2, -0.15) is 0 Å². The molecule has 2 aliphatic rings. The Kier molecular flexibility index (Phi) is 6.62. The smallest absolute Gasteiger partial charge is 0.494 e. The van der Waals surface area contributed by atoms with E-state index in [4.69, 9.17) is 18.6 Å². The Hall–Kier alpha value is -1.79. The van der Waals surface area contributed by atoms with Crippen molar-refractivity contribution in [1.82, 2.24) is 0 Å². The summed E-state index contributed by atoms with van der Waals surface area (Å²) in [4.78, 5) is 0. The van der Waals surface area contributed by atoms with Crippen LogP contribution in [0.4, 0.5) is 0 Å². The van der Waals surface area contributed by atoms with Crippen LogP contribution in [0.2, 0.25) is 0 Å². The van der Waals surface area contributed by atoms with Gasteiger partial charge in [-0.05, 0) is 85.4 Å². The van der Waals surface area contributed by atoms with E-state index < -0.39 is 0 Å². The fourth-order valence-electron chi connectivity index (χ4n) is 3.31. The molecule has 0 unspecified atom stereocenters. The molecule has 2 aromatic carbocycles. The van der Waals surface area contributed by atoms with Gasteiger partial charge in [0.15, 0.2) is 0 Å². The normalized spacial score (nSPS) is 22.4. The van der Waals surface area contributed by atoms with E-state index in [1.807, 2.05) is 39.8 Å². The van der Waals surface area contributed by atoms with Crippen LogP contribution in [-0.4, -0.2) is 41.7 Å². The van der Waals surface area contributed by atoms with Gasteiger partial charge < -0.3 is 23.7 Å². The third-order valence-corrected chi connectivity index (χ3v) is 7.02. The molecular weight excluding hydrogens is 402 g/mol. The van der Waals surface area contributed by atoms with Crippen molar-refractivity contribution in [3.63, 3.8) is 0 Å². The second-order valence-electron chi connectivity index (χ2n) is 10.7. The molecule has 2 heterocycles. The number of phenols is 1. The van der Waals surface area contributed by atoms with Crippen LogP contribution in [0.5, 0.6) is 5.75 Å². The van der Waals surface area contributed by atoms with Crippen molar-refractivity contribution in [2.75, 3.05) is 0 Å². The number of aromatic hydroxyl groups is 1. The average Bonchev–Trinajstić information content (AvgIpc) is 3.03. The fraction of sp³-hybridized carbons (Fsp3) is 0.520. The molecule has 0 spiro atoms. The van der Waals surface area contributed by atoms with Gasteiger partial charge in [0.2, 0.25) is 0 Å². The number of hydrogen-bond acceptors (Lipinski definition) is 5. The monoisotopic (exact) mass is 438 g/mol. The van der Waals surface area contributed by atoms with Crippen LogP contribution in [0.1, 0.15) is 61.0 Å². The maximum atomic E-state index is 9.22. The molecule has 0 bridgehead atoms. The molecule has 0 aromatic heterocycles. The third-order valence-electron chi connectivity index (χ3n) is 7.02. The molecule has 2 aromatic rings. The molecule has 0 atom stereocenters. The first-order chi connectivity index (χ1) is 14.6. The molecule has 1 N–H and O–H groups in total. The predicted octanol–water partition coefficient (Wildman–Crippen LogP) is 3.99. The summed E-state index contributed by atoms with van der Waals surface area (Å²) in [5.41, 5.74) is 2.09. The molecule has 4 rings (SSSR count). The lowest BCUT2D eigenvalue weighted by molar-refractivity contribution is 0.00578. The van der Waals surface area contributed by atoms with Crippen molar-refractivity contribution in [3.05, 3.63) is 54.1 Å². The highest BCUT2D eigenvalue weighted by atomic mass is 16.7. The molecule has 7 heteroatoms. The van der Waals surface area contributed by atoms with E-state index in [1.54, 1.807) is 12.1 Å². The van der Waals surface area contributed by atoms with Crippen LogP contribution in [0.25, 0.3) is 0 Å². The maximum absolute atomic E-state index is 9.22. The van der Waals surface area contributed by atoms with E-state index in [2.05, 4.69) is 58.9 Å². The lowest BCUT2D eigenvalue weighted by Gasteiger charge is -2.32. The van der Waals surface area contributed by atoms with Gasteiger partial charge in [0, 0.05) is 0 Å². The topological polar surface area (TPSA) is 57.2 Å². The highest BCUT2D eigenvalue weighted by Gasteiger charge is 2.52. The Morgan fingerprint density at radius 3 is 1.12 bits per heavy atom. The van der Waals surface area contributed by atoms with Gasteiger partial charge in [-0.3, -0.25) is 0 Å². The van der Waals surface area contributed by atoms with Crippen LogP contribution in [0.15, 0.2) is 48.5 Å². The van der Waals surface area contributed by atoms with Crippen LogP contribution in [-0.2, 0) is 18.6 Å². The van der Waals surface area contributed by atoms with Crippen LogP contribution in [0.3, 0.4) is 0 Å². The molecule has 5 nitrogen and oxygen atoms in total. The first-order valence-corrected chi connectivity index (χ1v) is 11.2. The summed E-state index contributed by atoms with van der Waals surface area (Å²) in [5.74, 6) is 0.250. The number of benzene rings is 2. The number of aryl methyl sites for hydroxylation is 1. The van der Waals surface area contributed by atoms with Crippen molar-refractivity contribution in [1.29, 1.82) is 0 Å². The quantitative estimate of drug-likeness (QED) is 0.720. The largest absolute Gasteiger partial charge is 0.508 e. The van der Waals surface area contributed by atoms with Crippen molar-refractivity contribution >= 4 is 25.2 Å². The van der Waals surface area contributed by atoms with Crippen LogP contribution >= 0.6 is 0 Å². The maximum Gasteiger partial charge on any atom is 0.494 e. The van der Waals surface area contributed by atoms with Crippen molar-refractivity contribution in [2.24, 2.45) is 0 Å². The van der Waals surface area contributed by atoms with E-state index >= 15 is 0 Å². The van der Waals surface area contributed by atoms with Gasteiger partial charge >= 0.3 is 14.2 Å². The zero-order valence-electron chi connectivity index (χ0n) is 20.9. The van der Waals surface area contributed by atoms with E-state index in [0.717, 1.165) is 10.9 Å². The summed E-state index contributed by atoms with van der Waals surface area (Å²) in [6, 6.07) is 15.2. The first kappa shape index (κ1) is 24.8. The van der Waals surface area contributed by atoms with Crippen molar-refractivity contribution < 1.29 is 23.7 Å². The Morgan fingerprint density at radius 2 is 0.812 bits per heavy atom. The Balaban J connectivity index is 0.000000181. The van der Waals surface area contributed by atoms with Gasteiger partial charge in [-0.25, -0.2) is 0 Å². The molecule has 2 aliphatic heterocycles. The van der Waals surface area contributed by atoms with Crippen LogP contribution in [0, 0.1) is 6.92 Å². The zero-order valence-corrected chi connectivity index (χ0v) is 20.9. The Bertz CT molecular complexity index is 811. The van der Waals surface area contributed by atoms with E-state index in [0.29, 0.717) is 0 Å². The molecule has 0 radical (unpaired) electrons. The summed E-state index contributed by atoms with van der Waals surface area (Å²) in [7, 11) is -0.601. The lowest BCUT2D eigenvalue weighted by atomic mass is 9.79. The molecular formula is C25H36B2O5. The minimum Gasteiger partial charge on any atom is -0.508 e. The second kappa shape index (κ2) is 8.53. The van der Waals surface area contributed by atoms with Crippen molar-refractivity contribution in [2.45, 2.75) is 84.7 Å². The van der Waals surface area contributed by atoms with Crippen molar-refractivity contribution in [3.8, 4) is 5.75 Å². The number of phenolic OH excluding ortho intramolecular Hbond substituents is 1. The highest BCUT2D eigenvalue weighted by Crippen LogP contribution is 2.37. The van der Waals surface area contributed by atoms with Crippen LogP contribution < -0.4 is 10.9 Å². The molecule has 0 saturated carbocycles. The molecule has 32 heavy (non-hydrogen) atoms. The molecule has 2 fully saturated rings. The Morgan fingerprint density at radius 1 is 0.531 bits per heavy atom. The van der Waals surface area contributed by atoms with Gasteiger partial charge in [-0.15, -0.1) is 0 Å². The minimum absolute atomic E-state index is 0.245. The fourth-order valence-corrected chi connectivity index (χ4v) is 3.31. The minimum atomic E-state index is -0.356. The molecule has 2 saturated heterocycles. The zero-order chi connectivity index (χ0) is 23.9. The summed E-state index contributed by atoms with van der Waals surface area (Å²) in [6.07, 6.45) is 0. The third kappa shape index (κ3) is 5.07. The van der Waals surface area contributed by atoms with E-state index in [-0.39, 0.29) is 42.4 Å².